The summed E-state index contributed by atoms with van der Waals surface area (Å²) in [6.45, 7) is 0. The van der Waals surface area contributed by atoms with Crippen molar-refractivity contribution in [3.05, 3.63) is 53.6 Å². The molecule has 1 aromatic carbocycles. The van der Waals surface area contributed by atoms with Crippen LogP contribution in [0.4, 0.5) is 4.39 Å². The number of amides is 1. The Bertz CT molecular complexity index is 688. The van der Waals surface area contributed by atoms with Gasteiger partial charge in [-0.05, 0) is 18.2 Å². The van der Waals surface area contributed by atoms with Crippen LogP contribution in [0.3, 0.4) is 0 Å². The van der Waals surface area contributed by atoms with Crippen molar-refractivity contribution in [1.82, 2.24) is 4.98 Å². The molecular formula is C13H9FN2O4. The molecule has 0 radical (unpaired) electrons. The molecule has 1 aromatic heterocycles. The standard InChI is InChI=1S/C13H9FN2O4/c14-10-5-7(1-2-9(10)13(18)19)20-8-3-4-16-11(6-8)12(15)17/h1-6H,(H2,15,17)(H,18,19). The Kier molecular flexibility index (Phi) is 3.60. The highest BCUT2D eigenvalue weighted by Gasteiger charge is 2.11. The van der Waals surface area contributed by atoms with E-state index in [-0.39, 0.29) is 17.2 Å². The second-order valence-electron chi connectivity index (χ2n) is 3.79. The number of carboxylic acids is 1. The van der Waals surface area contributed by atoms with Gasteiger partial charge in [0.1, 0.15) is 23.0 Å². The zero-order valence-electron chi connectivity index (χ0n) is 10.0. The number of benzene rings is 1. The molecule has 0 unspecified atom stereocenters. The fourth-order valence-electron chi connectivity index (χ4n) is 1.48. The molecule has 0 atom stereocenters. The van der Waals surface area contributed by atoms with Crippen molar-refractivity contribution in [2.75, 3.05) is 0 Å². The highest BCUT2D eigenvalue weighted by molar-refractivity contribution is 5.91. The quantitative estimate of drug-likeness (QED) is 0.886. The predicted molar refractivity (Wildman–Crippen MR) is 66.2 cm³/mol. The van der Waals surface area contributed by atoms with Gasteiger partial charge in [0, 0.05) is 18.3 Å². The van der Waals surface area contributed by atoms with E-state index in [1.165, 1.54) is 24.4 Å². The Labute approximate surface area is 112 Å². The van der Waals surface area contributed by atoms with Crippen LogP contribution < -0.4 is 10.5 Å². The molecule has 0 aliphatic rings. The SMILES string of the molecule is NC(=O)c1cc(Oc2ccc(C(=O)O)c(F)c2)ccn1. The molecule has 0 saturated carbocycles. The molecule has 1 amide bonds. The molecule has 1 heterocycles. The van der Waals surface area contributed by atoms with E-state index in [0.717, 1.165) is 12.1 Å². The first kappa shape index (κ1) is 13.5. The summed E-state index contributed by atoms with van der Waals surface area (Å²) in [7, 11) is 0. The maximum absolute atomic E-state index is 13.5. The van der Waals surface area contributed by atoms with Gasteiger partial charge in [-0.3, -0.25) is 9.78 Å². The second kappa shape index (κ2) is 5.35. The first-order valence-corrected chi connectivity index (χ1v) is 5.44. The summed E-state index contributed by atoms with van der Waals surface area (Å²) in [5.41, 5.74) is 4.62. The lowest BCUT2D eigenvalue weighted by molar-refractivity contribution is 0.0691. The predicted octanol–water partition coefficient (Wildman–Crippen LogP) is 1.81. The number of carbonyl (C=O) groups excluding carboxylic acids is 1. The van der Waals surface area contributed by atoms with Gasteiger partial charge in [-0.2, -0.15) is 0 Å². The molecule has 102 valence electrons. The minimum Gasteiger partial charge on any atom is -0.478 e. The molecule has 0 bridgehead atoms. The molecule has 2 rings (SSSR count). The van der Waals surface area contributed by atoms with Gasteiger partial charge in [0.15, 0.2) is 0 Å². The minimum atomic E-state index is -1.37. The third kappa shape index (κ3) is 2.89. The molecule has 0 spiro atoms. The topological polar surface area (TPSA) is 103 Å². The molecule has 3 N–H and O–H groups in total. The van der Waals surface area contributed by atoms with Crippen LogP contribution in [0, 0.1) is 5.82 Å². The summed E-state index contributed by atoms with van der Waals surface area (Å²) < 4.78 is 18.8. The van der Waals surface area contributed by atoms with Gasteiger partial charge < -0.3 is 15.6 Å². The first-order valence-electron chi connectivity index (χ1n) is 5.44. The molecule has 2 aromatic rings. The lowest BCUT2D eigenvalue weighted by Crippen LogP contribution is -2.12. The van der Waals surface area contributed by atoms with Gasteiger partial charge in [0.2, 0.25) is 0 Å². The Morgan fingerprint density at radius 2 is 1.90 bits per heavy atom. The summed E-state index contributed by atoms with van der Waals surface area (Å²) in [5, 5.41) is 8.70. The number of rotatable bonds is 4. The summed E-state index contributed by atoms with van der Waals surface area (Å²) in [6.07, 6.45) is 1.32. The Balaban J connectivity index is 2.26. The van der Waals surface area contributed by atoms with Crippen LogP contribution in [0.2, 0.25) is 0 Å². The van der Waals surface area contributed by atoms with Gasteiger partial charge in [0.25, 0.3) is 5.91 Å². The average molecular weight is 276 g/mol. The first-order chi connectivity index (χ1) is 9.47. The average Bonchev–Trinajstić information content (AvgIpc) is 2.38. The Morgan fingerprint density at radius 3 is 2.50 bits per heavy atom. The highest BCUT2D eigenvalue weighted by atomic mass is 19.1. The van der Waals surface area contributed by atoms with Crippen LogP contribution in [0.15, 0.2) is 36.5 Å². The zero-order chi connectivity index (χ0) is 14.7. The van der Waals surface area contributed by atoms with E-state index in [2.05, 4.69) is 4.98 Å². The van der Waals surface area contributed by atoms with E-state index in [9.17, 15) is 14.0 Å². The molecule has 0 saturated heterocycles. The van der Waals surface area contributed by atoms with E-state index in [1.54, 1.807) is 0 Å². The number of primary amides is 1. The lowest BCUT2D eigenvalue weighted by atomic mass is 10.2. The Hall–Kier alpha value is -2.96. The monoisotopic (exact) mass is 276 g/mol. The number of hydrogen-bond acceptors (Lipinski definition) is 4. The highest BCUT2D eigenvalue weighted by Crippen LogP contribution is 2.23. The van der Waals surface area contributed by atoms with Gasteiger partial charge in [-0.15, -0.1) is 0 Å². The number of nitrogens with two attached hydrogens (primary N) is 1. The third-order valence-electron chi connectivity index (χ3n) is 2.39. The van der Waals surface area contributed by atoms with Crippen LogP contribution in [0.25, 0.3) is 0 Å². The maximum atomic E-state index is 13.5. The second-order valence-corrected chi connectivity index (χ2v) is 3.79. The number of aromatic nitrogens is 1. The summed E-state index contributed by atoms with van der Waals surface area (Å²) in [6, 6.07) is 6.08. The van der Waals surface area contributed by atoms with E-state index in [1.807, 2.05) is 0 Å². The van der Waals surface area contributed by atoms with Gasteiger partial charge >= 0.3 is 5.97 Å². The van der Waals surface area contributed by atoms with Crippen LogP contribution in [-0.2, 0) is 0 Å². The van der Waals surface area contributed by atoms with Crippen LogP contribution in [-0.4, -0.2) is 22.0 Å². The van der Waals surface area contributed by atoms with E-state index >= 15 is 0 Å². The molecular weight excluding hydrogens is 267 g/mol. The number of halogens is 1. The molecule has 6 nitrogen and oxygen atoms in total. The van der Waals surface area contributed by atoms with E-state index < -0.39 is 23.3 Å². The number of hydrogen-bond donors (Lipinski definition) is 2. The van der Waals surface area contributed by atoms with Crippen molar-refractivity contribution < 1.29 is 23.8 Å². The zero-order valence-corrected chi connectivity index (χ0v) is 10.0. The summed E-state index contributed by atoms with van der Waals surface area (Å²) >= 11 is 0. The van der Waals surface area contributed by atoms with E-state index in [4.69, 9.17) is 15.6 Å². The normalized spacial score (nSPS) is 10.1. The van der Waals surface area contributed by atoms with Crippen molar-refractivity contribution in [1.29, 1.82) is 0 Å². The fourth-order valence-corrected chi connectivity index (χ4v) is 1.48. The third-order valence-corrected chi connectivity index (χ3v) is 2.39. The summed E-state index contributed by atoms with van der Waals surface area (Å²) in [5.74, 6) is -2.68. The Morgan fingerprint density at radius 1 is 1.20 bits per heavy atom. The van der Waals surface area contributed by atoms with Crippen molar-refractivity contribution in [3.63, 3.8) is 0 Å². The number of aromatic carboxylic acids is 1. The fraction of sp³-hybridized carbons (Fsp3) is 0. The van der Waals surface area contributed by atoms with Gasteiger partial charge in [0.05, 0.1) is 5.56 Å². The van der Waals surface area contributed by atoms with Crippen molar-refractivity contribution >= 4 is 11.9 Å². The van der Waals surface area contributed by atoms with Crippen molar-refractivity contribution in [2.24, 2.45) is 5.73 Å². The largest absolute Gasteiger partial charge is 0.478 e. The molecule has 20 heavy (non-hydrogen) atoms. The lowest BCUT2D eigenvalue weighted by Gasteiger charge is -2.07. The minimum absolute atomic E-state index is 0.00475. The van der Waals surface area contributed by atoms with Crippen LogP contribution >= 0.6 is 0 Å². The van der Waals surface area contributed by atoms with Gasteiger partial charge in [-0.1, -0.05) is 0 Å². The number of ether oxygens (including phenoxy) is 1. The van der Waals surface area contributed by atoms with Crippen LogP contribution in [0.1, 0.15) is 20.8 Å². The van der Waals surface area contributed by atoms with Crippen LogP contribution in [0.5, 0.6) is 11.5 Å². The molecule has 0 fully saturated rings. The number of carboxylic acid groups (broad SMARTS) is 1. The van der Waals surface area contributed by atoms with E-state index in [0.29, 0.717) is 0 Å². The van der Waals surface area contributed by atoms with Crippen molar-refractivity contribution in [2.45, 2.75) is 0 Å². The molecule has 0 aliphatic heterocycles. The molecule has 7 heteroatoms. The molecule has 0 aliphatic carbocycles. The smallest absolute Gasteiger partial charge is 0.338 e. The summed E-state index contributed by atoms with van der Waals surface area (Å²) in [4.78, 5) is 25.4. The number of nitrogens with zero attached hydrogens (tertiary/aromatic N) is 1. The van der Waals surface area contributed by atoms with Crippen molar-refractivity contribution in [3.8, 4) is 11.5 Å². The van der Waals surface area contributed by atoms with Gasteiger partial charge in [-0.25, -0.2) is 9.18 Å². The number of pyridine rings is 1. The number of carbonyl (C=O) groups is 2. The maximum Gasteiger partial charge on any atom is 0.338 e.